The van der Waals surface area contributed by atoms with Crippen molar-refractivity contribution in [2.24, 2.45) is 11.8 Å². The summed E-state index contributed by atoms with van der Waals surface area (Å²) in [6, 6.07) is 3.05. The molecule has 6 heterocycles. The van der Waals surface area contributed by atoms with Crippen LogP contribution in [0.15, 0.2) is 35.8 Å². The SMILES string of the molecule is CCC[C@H]1N(C(=O)c2ncccc2C(F)(F)F)CCC[C@@]1(Oc1csc(C(F)(F)F)c1)C(=O)N1CCc2sc(Cl)cc2C1C(CC)C1CCNC1. The van der Waals surface area contributed by atoms with E-state index in [1.807, 2.05) is 13.0 Å². The largest absolute Gasteiger partial charge is 0.474 e. The molecule has 7 nitrogen and oxygen atoms in total. The smallest absolute Gasteiger partial charge is 0.425 e. The van der Waals surface area contributed by atoms with Gasteiger partial charge in [-0.1, -0.05) is 38.3 Å². The summed E-state index contributed by atoms with van der Waals surface area (Å²) in [5.41, 5.74) is -3.01. The molecule has 0 saturated carbocycles. The van der Waals surface area contributed by atoms with Gasteiger partial charge in [0.15, 0.2) is 0 Å². The molecule has 3 aliphatic heterocycles. The Hall–Kier alpha value is -2.88. The third-order valence-electron chi connectivity index (χ3n) is 10.4. The van der Waals surface area contributed by atoms with Crippen molar-refractivity contribution in [2.45, 2.75) is 88.8 Å². The van der Waals surface area contributed by atoms with Crippen LogP contribution in [0.5, 0.6) is 5.75 Å². The maximum atomic E-state index is 15.6. The number of aromatic nitrogens is 1. The minimum atomic E-state index is -4.88. The lowest BCUT2D eigenvalue weighted by Crippen LogP contribution is -2.69. The molecule has 0 radical (unpaired) electrons. The van der Waals surface area contributed by atoms with Gasteiger partial charge in [-0.05, 0) is 74.4 Å². The molecule has 3 aromatic rings. The lowest BCUT2D eigenvalue weighted by Gasteiger charge is -2.52. The number of amides is 2. The molecule has 2 amide bonds. The summed E-state index contributed by atoms with van der Waals surface area (Å²) in [5.74, 6) is -1.49. The van der Waals surface area contributed by atoms with Crippen LogP contribution in [0.4, 0.5) is 26.3 Å². The number of nitrogens with one attached hydrogen (secondary N) is 1. The number of pyridine rings is 1. The number of likely N-dealkylation sites (tertiary alicyclic amines) is 1. The van der Waals surface area contributed by atoms with E-state index in [0.717, 1.165) is 60.8 Å². The van der Waals surface area contributed by atoms with E-state index >= 15 is 4.79 Å². The normalized spacial score (nSPS) is 24.8. The molecule has 3 unspecified atom stereocenters. The van der Waals surface area contributed by atoms with E-state index in [-0.39, 0.29) is 49.9 Å². The molecule has 0 aromatic carbocycles. The Morgan fingerprint density at radius 3 is 2.57 bits per heavy atom. The van der Waals surface area contributed by atoms with Crippen molar-refractivity contribution in [1.29, 1.82) is 0 Å². The zero-order valence-electron chi connectivity index (χ0n) is 28.1. The summed E-state index contributed by atoms with van der Waals surface area (Å²) in [6.45, 7) is 5.74. The number of ether oxygens (including phenoxy) is 1. The van der Waals surface area contributed by atoms with E-state index in [2.05, 4.69) is 17.2 Å². The van der Waals surface area contributed by atoms with Crippen molar-refractivity contribution >= 4 is 46.1 Å². The molecule has 6 rings (SSSR count). The Bertz CT molecular complexity index is 1730. The van der Waals surface area contributed by atoms with Gasteiger partial charge >= 0.3 is 12.4 Å². The highest BCUT2D eigenvalue weighted by Crippen LogP contribution is 2.49. The molecular formula is C35H39ClF6N4O3S2. The van der Waals surface area contributed by atoms with Crippen LogP contribution in [0.2, 0.25) is 4.34 Å². The first-order chi connectivity index (χ1) is 24.2. The molecule has 2 saturated heterocycles. The summed E-state index contributed by atoms with van der Waals surface area (Å²) in [6.07, 6.45) is -5.60. The number of fused-ring (bicyclic) bond motifs is 1. The van der Waals surface area contributed by atoms with Gasteiger partial charge < -0.3 is 19.9 Å². The second kappa shape index (κ2) is 14.9. The summed E-state index contributed by atoms with van der Waals surface area (Å²) >= 11 is 8.43. The molecule has 51 heavy (non-hydrogen) atoms. The fourth-order valence-corrected chi connectivity index (χ4v) is 10.2. The number of piperidine rings is 1. The topological polar surface area (TPSA) is 74.8 Å². The number of hydrogen-bond acceptors (Lipinski definition) is 7. The number of alkyl halides is 6. The van der Waals surface area contributed by atoms with Gasteiger partial charge in [0, 0.05) is 42.0 Å². The number of thiophene rings is 2. The van der Waals surface area contributed by atoms with Gasteiger partial charge in [0.1, 0.15) is 16.3 Å². The van der Waals surface area contributed by atoms with Gasteiger partial charge in [-0.15, -0.1) is 22.7 Å². The van der Waals surface area contributed by atoms with Crippen molar-refractivity contribution in [3.8, 4) is 5.75 Å². The highest BCUT2D eigenvalue weighted by atomic mass is 35.5. The van der Waals surface area contributed by atoms with Crippen LogP contribution in [0.1, 0.15) is 89.8 Å². The number of halogens is 7. The van der Waals surface area contributed by atoms with Gasteiger partial charge in [0.25, 0.3) is 11.8 Å². The molecular weight excluding hydrogens is 738 g/mol. The molecule has 278 valence electrons. The fraction of sp³-hybridized carbons (Fsp3) is 0.571. The summed E-state index contributed by atoms with van der Waals surface area (Å²) in [7, 11) is 0. The number of hydrogen-bond donors (Lipinski definition) is 1. The monoisotopic (exact) mass is 776 g/mol. The Kier molecular flexibility index (Phi) is 11.0. The van der Waals surface area contributed by atoms with Crippen LogP contribution in [-0.2, 0) is 23.6 Å². The molecule has 2 fully saturated rings. The van der Waals surface area contributed by atoms with E-state index in [4.69, 9.17) is 16.3 Å². The molecule has 1 N–H and O–H groups in total. The van der Waals surface area contributed by atoms with Crippen LogP contribution in [0, 0.1) is 11.8 Å². The maximum Gasteiger partial charge on any atom is 0.425 e. The average molecular weight is 777 g/mol. The maximum absolute atomic E-state index is 15.6. The lowest BCUT2D eigenvalue weighted by atomic mass is 9.75. The first-order valence-corrected chi connectivity index (χ1v) is 19.2. The zero-order chi connectivity index (χ0) is 36.7. The van der Waals surface area contributed by atoms with Crippen molar-refractivity contribution in [3.05, 3.63) is 66.8 Å². The fourth-order valence-electron chi connectivity index (χ4n) is 8.25. The minimum Gasteiger partial charge on any atom is -0.474 e. The quantitative estimate of drug-likeness (QED) is 0.220. The first-order valence-electron chi connectivity index (χ1n) is 17.2. The minimum absolute atomic E-state index is 0.00231. The van der Waals surface area contributed by atoms with E-state index in [9.17, 15) is 31.1 Å². The van der Waals surface area contributed by atoms with Gasteiger partial charge in [0.05, 0.1) is 22.0 Å². The molecule has 0 aliphatic carbocycles. The van der Waals surface area contributed by atoms with Gasteiger partial charge in [-0.2, -0.15) is 26.3 Å². The van der Waals surface area contributed by atoms with E-state index in [1.165, 1.54) is 21.6 Å². The van der Waals surface area contributed by atoms with Crippen molar-refractivity contribution in [1.82, 2.24) is 20.1 Å². The number of nitrogens with zero attached hydrogens (tertiary/aromatic N) is 3. The van der Waals surface area contributed by atoms with E-state index in [0.29, 0.717) is 28.5 Å². The third kappa shape index (κ3) is 7.37. The van der Waals surface area contributed by atoms with Crippen LogP contribution >= 0.6 is 34.3 Å². The predicted molar refractivity (Wildman–Crippen MR) is 183 cm³/mol. The van der Waals surface area contributed by atoms with E-state index < -0.39 is 58.0 Å². The molecule has 0 spiro atoms. The second-order valence-corrected chi connectivity index (χ2v) is 16.1. The standard InChI is InChI=1S/C35H39ClF6N4O3S2/c1-3-7-26-33(49-21-16-27(50-19-21)35(40,41)42,11-6-14-45(26)31(47)29-24(34(37,38)39)8-5-12-44-29)32(48)46-15-10-25-23(17-28(36)51-25)30(46)22(4-2)20-9-13-43-18-20/h5,8,12,16-17,19-20,22,26,30,43H,3-4,6-7,9-11,13-15,18H2,1-2H3/t20?,22?,26-,30?,33+/m1/s1. The Labute approximate surface area is 305 Å². The van der Waals surface area contributed by atoms with Crippen LogP contribution in [0.3, 0.4) is 0 Å². The van der Waals surface area contributed by atoms with Gasteiger partial charge in [-0.25, -0.2) is 0 Å². The molecule has 5 atom stereocenters. The molecule has 0 bridgehead atoms. The third-order valence-corrected chi connectivity index (χ3v) is 12.7. The average Bonchev–Trinajstić information content (AvgIpc) is 3.86. The number of carbonyl (C=O) groups is 2. The van der Waals surface area contributed by atoms with Crippen LogP contribution in [0.25, 0.3) is 0 Å². The van der Waals surface area contributed by atoms with Crippen molar-refractivity contribution in [3.63, 3.8) is 0 Å². The Morgan fingerprint density at radius 1 is 1.14 bits per heavy atom. The summed E-state index contributed by atoms with van der Waals surface area (Å²) < 4.78 is 90.9. The highest BCUT2D eigenvalue weighted by Gasteiger charge is 2.58. The lowest BCUT2D eigenvalue weighted by molar-refractivity contribution is -0.164. The van der Waals surface area contributed by atoms with Crippen LogP contribution < -0.4 is 10.1 Å². The highest BCUT2D eigenvalue weighted by molar-refractivity contribution is 7.16. The summed E-state index contributed by atoms with van der Waals surface area (Å²) in [4.78, 5) is 36.7. The van der Waals surface area contributed by atoms with E-state index in [1.54, 1.807) is 4.90 Å². The zero-order valence-corrected chi connectivity index (χ0v) is 30.5. The second-order valence-electron chi connectivity index (χ2n) is 13.4. The molecule has 16 heteroatoms. The predicted octanol–water partition coefficient (Wildman–Crippen LogP) is 8.88. The van der Waals surface area contributed by atoms with Crippen molar-refractivity contribution < 1.29 is 40.7 Å². The van der Waals surface area contributed by atoms with Crippen molar-refractivity contribution in [2.75, 3.05) is 26.2 Å². The first kappa shape index (κ1) is 37.9. The number of rotatable bonds is 9. The van der Waals surface area contributed by atoms with Crippen LogP contribution in [-0.4, -0.2) is 64.4 Å². The van der Waals surface area contributed by atoms with Gasteiger partial charge in [-0.3, -0.25) is 14.6 Å². The Balaban J connectivity index is 1.49. The molecule has 3 aromatic heterocycles. The summed E-state index contributed by atoms with van der Waals surface area (Å²) in [5, 5.41) is 4.60. The molecule has 3 aliphatic rings. The number of carbonyl (C=O) groups excluding carboxylic acids is 2. The van der Waals surface area contributed by atoms with Gasteiger partial charge in [0.2, 0.25) is 5.60 Å². The Morgan fingerprint density at radius 2 is 1.92 bits per heavy atom.